The van der Waals surface area contributed by atoms with Crippen molar-refractivity contribution in [3.8, 4) is 0 Å². The maximum Gasteiger partial charge on any atom is 0.302 e. The zero-order valence-corrected chi connectivity index (χ0v) is 59.9. The number of nitrogens with one attached hydrogen (secondary N) is 4. The second-order valence-corrected chi connectivity index (χ2v) is 27.4. The van der Waals surface area contributed by atoms with Crippen LogP contribution in [0.4, 0.5) is 0 Å². The van der Waals surface area contributed by atoms with Crippen molar-refractivity contribution in [1.29, 1.82) is 0 Å². The summed E-state index contributed by atoms with van der Waals surface area (Å²) in [6.07, 6.45) is 1.52. The van der Waals surface area contributed by atoms with Gasteiger partial charge in [-0.25, -0.2) is 0 Å². The normalized spacial score (nSPS) is 28.0. The van der Waals surface area contributed by atoms with Gasteiger partial charge >= 0.3 is 5.97 Å². The lowest BCUT2D eigenvalue weighted by Crippen LogP contribution is -2.64. The summed E-state index contributed by atoms with van der Waals surface area (Å²) in [6, 6.07) is -14.8. The third-order valence-electron chi connectivity index (χ3n) is 17.6. The van der Waals surface area contributed by atoms with Crippen molar-refractivity contribution in [2.45, 2.75) is 241 Å². The fraction of sp³-hybridized carbons (Fsp3) is 0.761. The molecule has 0 bridgehead atoms. The van der Waals surface area contributed by atoms with Crippen LogP contribution in [-0.2, 0) is 67.0 Å². The summed E-state index contributed by atoms with van der Waals surface area (Å²) in [5.74, 6) is -11.5. The molecule has 0 aromatic rings. The highest BCUT2D eigenvalue weighted by Crippen LogP contribution is 2.29. The molecule has 15 atom stereocenters. The Morgan fingerprint density at radius 3 is 1.53 bits per heavy atom. The summed E-state index contributed by atoms with van der Waals surface area (Å²) in [7, 11) is 8.32. The topological polar surface area (TPSA) is 314 Å². The van der Waals surface area contributed by atoms with Gasteiger partial charge in [-0.3, -0.25) is 57.5 Å². The lowest BCUT2D eigenvalue weighted by atomic mass is 9.91. The van der Waals surface area contributed by atoms with Crippen molar-refractivity contribution >= 4 is 70.9 Å². The van der Waals surface area contributed by atoms with E-state index in [-0.39, 0.29) is 69.4 Å². The first kappa shape index (κ1) is 82.1. The number of fused-ring (bicyclic) bond motifs is 1. The van der Waals surface area contributed by atoms with Crippen LogP contribution in [0.15, 0.2) is 24.8 Å². The van der Waals surface area contributed by atoms with Gasteiger partial charge in [0.25, 0.3) is 0 Å². The minimum atomic E-state index is -1.70. The Balaban J connectivity index is 3.14. The highest BCUT2D eigenvalue weighted by Gasteiger charge is 2.49. The minimum Gasteiger partial charge on any atom is -0.461 e. The largest absolute Gasteiger partial charge is 0.461 e. The zero-order valence-electron chi connectivity index (χ0n) is 59.9. The Labute approximate surface area is 553 Å². The average molecular weight is 1310 g/mol. The summed E-state index contributed by atoms with van der Waals surface area (Å²) in [5.41, 5.74) is 0. The van der Waals surface area contributed by atoms with Crippen LogP contribution in [0.25, 0.3) is 0 Å². The molecule has 93 heavy (non-hydrogen) atoms. The second kappa shape index (κ2) is 37.2. The molecule has 2 unspecified atom stereocenters. The number of allylic oxidation sites excluding steroid dienone is 2. The maximum absolute atomic E-state index is 15.3. The van der Waals surface area contributed by atoms with Gasteiger partial charge in [-0.1, -0.05) is 101 Å². The van der Waals surface area contributed by atoms with Crippen LogP contribution >= 0.6 is 0 Å². The van der Waals surface area contributed by atoms with E-state index >= 15 is 28.8 Å². The first-order valence-electron chi connectivity index (χ1n) is 33.0. The predicted octanol–water partition coefficient (Wildman–Crippen LogP) is 2.89. The molecule has 528 valence electrons. The summed E-state index contributed by atoms with van der Waals surface area (Å²) < 4.78 is 11.6. The fourth-order valence-electron chi connectivity index (χ4n) is 12.1. The van der Waals surface area contributed by atoms with Gasteiger partial charge in [0.1, 0.15) is 72.6 Å². The standard InChI is InChI=1S/C67H115N11O15/c1-25-28-29-41(14)56(80)55-60(84)70-47(27-3)62(86)78-35-46(93-45(18)79)34-51(78)65(89)76(23)54(44(17)92-30-26-2)59(83)71-52(39(10)11)66(90)72(19)48(31-36(4)5)58(82)68-42(15)57(81)69-43(16)61(85)73(20)49(32-37(6)7)63(87)74(21)50(33-38(8)9)64(88)75(22)53(40(12)13)67(91)77(55)24/h25-26,28,36-44,46-56,80H,2,27,29-35H2,1,3-24H3,(H,68,82)(H,69,81)(H,70,84)(H,71,83)/b28-25+/t41-,42+,43-,44-,46?,47+,48+,49+,50+,51-,52+,53+,54?,55+,56-/m1/s1. The highest BCUT2D eigenvalue weighted by atomic mass is 16.5. The first-order valence-corrected chi connectivity index (χ1v) is 33.0. The molecule has 0 radical (unpaired) electrons. The van der Waals surface area contributed by atoms with Crippen molar-refractivity contribution in [2.24, 2.45) is 35.5 Å². The van der Waals surface area contributed by atoms with Crippen LogP contribution < -0.4 is 21.3 Å². The van der Waals surface area contributed by atoms with Crippen LogP contribution in [-0.4, -0.2) is 251 Å². The summed E-state index contributed by atoms with van der Waals surface area (Å²) >= 11 is 0. The Hall–Kier alpha value is -6.96. The summed E-state index contributed by atoms with van der Waals surface area (Å²) in [5, 5.41) is 23.2. The molecule has 0 spiro atoms. The maximum atomic E-state index is 15.3. The molecule has 2 heterocycles. The Morgan fingerprint density at radius 1 is 0.570 bits per heavy atom. The SMILES string of the molecule is C=CCO[C@H](C)C1C(=O)N[C@@H](C(C)C)C(=O)N(C)[C@@H](CC(C)C)C(=O)N[C@@H](C)C(=O)N[C@H](C)C(=O)N(C)[C@@H](CC(C)C)C(=O)N(C)[C@@H](CC(C)C)C(=O)N(C)[C@@H](C(C)C)C(=O)N(C)[C@@H]([C@H](O)[C@H](C)C/C=C/C)C(=O)N[C@@H](CC)C(=O)N2CC(OC(C)=O)C[C@@H]2C(=O)N1C. The molecule has 11 amide bonds. The number of likely N-dealkylation sites (N-methyl/N-ethyl adjacent to an activating group) is 6. The zero-order chi connectivity index (χ0) is 71.5. The number of hydrogen-bond acceptors (Lipinski definition) is 15. The number of nitrogens with zero attached hydrogens (tertiary/aromatic N) is 7. The first-order chi connectivity index (χ1) is 43.1. The smallest absolute Gasteiger partial charge is 0.302 e. The van der Waals surface area contributed by atoms with Gasteiger partial charge in [-0.15, -0.1) is 6.58 Å². The lowest BCUT2D eigenvalue weighted by molar-refractivity contribution is -0.157. The van der Waals surface area contributed by atoms with Crippen LogP contribution in [0.3, 0.4) is 0 Å². The van der Waals surface area contributed by atoms with Gasteiger partial charge in [-0.05, 0) is 95.3 Å². The summed E-state index contributed by atoms with van der Waals surface area (Å²) in [4.78, 5) is 185. The highest BCUT2D eigenvalue weighted by molar-refractivity contribution is 6.00. The molecule has 2 aliphatic heterocycles. The molecule has 5 N–H and O–H groups in total. The van der Waals surface area contributed by atoms with Crippen molar-refractivity contribution in [3.05, 3.63) is 24.8 Å². The van der Waals surface area contributed by atoms with Crippen molar-refractivity contribution in [3.63, 3.8) is 0 Å². The van der Waals surface area contributed by atoms with E-state index in [4.69, 9.17) is 9.47 Å². The molecule has 0 aromatic heterocycles. The molecule has 0 saturated carbocycles. The van der Waals surface area contributed by atoms with Gasteiger partial charge in [0.05, 0.1) is 25.4 Å². The minimum absolute atomic E-state index is 0.0783. The number of esters is 1. The second-order valence-electron chi connectivity index (χ2n) is 27.4. The quantitative estimate of drug-likeness (QED) is 0.0974. The van der Waals surface area contributed by atoms with Gasteiger partial charge in [0, 0.05) is 55.6 Å². The molecule has 0 aliphatic carbocycles. The van der Waals surface area contributed by atoms with Crippen LogP contribution in [0, 0.1) is 35.5 Å². The third kappa shape index (κ3) is 22.1. The van der Waals surface area contributed by atoms with Gasteiger partial charge < -0.3 is 70.1 Å². The number of aliphatic hydroxyl groups is 1. The molecule has 2 aliphatic rings. The molecule has 2 fully saturated rings. The number of ether oxygens (including phenoxy) is 2. The van der Waals surface area contributed by atoms with Crippen molar-refractivity contribution in [2.75, 3.05) is 55.4 Å². The molecule has 0 aromatic carbocycles. The lowest BCUT2D eigenvalue weighted by Gasteiger charge is -2.41. The van der Waals surface area contributed by atoms with E-state index in [9.17, 15) is 33.9 Å². The molecule has 26 nitrogen and oxygen atoms in total. The average Bonchev–Trinajstić information content (AvgIpc) is 1.79. The van der Waals surface area contributed by atoms with E-state index in [1.54, 1.807) is 60.6 Å². The molecule has 26 heteroatoms. The number of carbonyl (C=O) groups excluding carboxylic acids is 12. The van der Waals surface area contributed by atoms with E-state index < -0.39 is 173 Å². The Bertz CT molecular complexity index is 2650. The number of amides is 11. The van der Waals surface area contributed by atoms with Crippen molar-refractivity contribution < 1.29 is 72.1 Å². The van der Waals surface area contributed by atoms with Gasteiger partial charge in [0.15, 0.2) is 0 Å². The number of hydrogen-bond donors (Lipinski definition) is 5. The summed E-state index contributed by atoms with van der Waals surface area (Å²) in [6.45, 7) is 31.8. The molecular formula is C67H115N11O15. The van der Waals surface area contributed by atoms with Crippen LogP contribution in [0.5, 0.6) is 0 Å². The van der Waals surface area contributed by atoms with Crippen molar-refractivity contribution in [1.82, 2.24) is 55.6 Å². The van der Waals surface area contributed by atoms with E-state index in [0.717, 1.165) is 21.6 Å². The third-order valence-corrected chi connectivity index (χ3v) is 17.6. The number of aliphatic hydroxyl groups excluding tert-OH is 1. The molecular weight excluding hydrogens is 1200 g/mol. The van der Waals surface area contributed by atoms with E-state index in [0.29, 0.717) is 0 Å². The van der Waals surface area contributed by atoms with Gasteiger partial charge in [0.2, 0.25) is 65.0 Å². The molecule has 2 saturated heterocycles. The fourth-order valence-corrected chi connectivity index (χ4v) is 12.1. The van der Waals surface area contributed by atoms with Gasteiger partial charge in [-0.2, -0.15) is 0 Å². The molecule has 2 rings (SSSR count). The van der Waals surface area contributed by atoms with E-state index in [1.165, 1.54) is 88.7 Å². The predicted molar refractivity (Wildman–Crippen MR) is 353 cm³/mol. The Kier molecular flexibility index (Phi) is 32.9. The Morgan fingerprint density at radius 2 is 1.04 bits per heavy atom. The monoisotopic (exact) mass is 1310 g/mol. The van der Waals surface area contributed by atoms with Crippen LogP contribution in [0.2, 0.25) is 0 Å². The number of rotatable bonds is 18. The van der Waals surface area contributed by atoms with E-state index in [1.807, 2.05) is 41.5 Å². The van der Waals surface area contributed by atoms with Crippen LogP contribution in [0.1, 0.15) is 156 Å². The van der Waals surface area contributed by atoms with E-state index in [2.05, 4.69) is 27.8 Å². The number of carbonyl (C=O) groups is 12.